The third kappa shape index (κ3) is 3.96. The molecule has 0 fully saturated rings. The number of anilines is 2. The van der Waals surface area contributed by atoms with E-state index in [1.807, 2.05) is 45.3 Å². The van der Waals surface area contributed by atoms with Gasteiger partial charge in [0.1, 0.15) is 5.82 Å². The Kier molecular flexibility index (Phi) is 6.66. The number of imidazole rings is 1. The summed E-state index contributed by atoms with van der Waals surface area (Å²) >= 11 is 12.8. The van der Waals surface area contributed by atoms with Crippen molar-refractivity contribution in [2.75, 3.05) is 17.3 Å². The monoisotopic (exact) mass is 606 g/mol. The van der Waals surface area contributed by atoms with Gasteiger partial charge in [-0.25, -0.2) is 9.97 Å². The predicted molar refractivity (Wildman–Crippen MR) is 160 cm³/mol. The van der Waals surface area contributed by atoms with Gasteiger partial charge in [0.05, 0.1) is 30.2 Å². The van der Waals surface area contributed by atoms with E-state index in [-0.39, 0.29) is 29.7 Å². The van der Waals surface area contributed by atoms with Gasteiger partial charge in [0.25, 0.3) is 11.8 Å². The minimum absolute atomic E-state index is 0.126. The summed E-state index contributed by atoms with van der Waals surface area (Å²) in [5.74, 6) is -0.260. The van der Waals surface area contributed by atoms with E-state index in [1.54, 1.807) is 36.5 Å². The van der Waals surface area contributed by atoms with E-state index < -0.39 is 17.4 Å². The molecular formula is C30H28Cl2N6O4. The van der Waals surface area contributed by atoms with Crippen LogP contribution < -0.4 is 19.7 Å². The second kappa shape index (κ2) is 9.99. The first-order valence-electron chi connectivity index (χ1n) is 13.4. The normalized spacial score (nSPS) is 17.3. The van der Waals surface area contributed by atoms with Crippen molar-refractivity contribution in [3.05, 3.63) is 75.2 Å². The number of carbonyl (C=O) groups is 2. The number of aryl methyl sites for hydroxylation is 1. The Morgan fingerprint density at radius 3 is 2.40 bits per heavy atom. The van der Waals surface area contributed by atoms with Crippen LogP contribution >= 0.6 is 23.2 Å². The number of fused-ring (bicyclic) bond motifs is 4. The Morgan fingerprint density at radius 1 is 1.00 bits per heavy atom. The van der Waals surface area contributed by atoms with Crippen LogP contribution in [-0.2, 0) is 10.3 Å². The zero-order chi connectivity index (χ0) is 30.1. The second-order valence-corrected chi connectivity index (χ2v) is 11.6. The highest BCUT2D eigenvalue weighted by Crippen LogP contribution is 2.55. The molecule has 12 heteroatoms. The molecule has 6 rings (SSSR count). The predicted octanol–water partition coefficient (Wildman–Crippen LogP) is 6.19. The van der Waals surface area contributed by atoms with Crippen LogP contribution in [0.4, 0.5) is 11.4 Å². The number of methoxy groups -OCH3 is 1. The molecule has 2 aromatic carbocycles. The summed E-state index contributed by atoms with van der Waals surface area (Å²) in [5, 5.41) is 3.85. The van der Waals surface area contributed by atoms with Crippen LogP contribution in [0, 0.1) is 6.92 Å². The molecule has 4 heterocycles. The van der Waals surface area contributed by atoms with Crippen molar-refractivity contribution in [1.82, 2.24) is 19.5 Å². The fourth-order valence-electron chi connectivity index (χ4n) is 5.75. The number of benzene rings is 2. The van der Waals surface area contributed by atoms with Crippen molar-refractivity contribution in [3.63, 3.8) is 0 Å². The van der Waals surface area contributed by atoms with Crippen LogP contribution in [0.25, 0.3) is 11.4 Å². The number of aromatic nitrogens is 4. The number of nitrogens with one attached hydrogen (secondary N) is 1. The van der Waals surface area contributed by atoms with E-state index in [1.165, 1.54) is 12.0 Å². The number of nitrogens with zero attached hydrogens (tertiary/aromatic N) is 5. The van der Waals surface area contributed by atoms with E-state index in [0.29, 0.717) is 44.1 Å². The largest absolute Gasteiger partial charge is 0.480 e. The first-order chi connectivity index (χ1) is 20.0. The molecule has 42 heavy (non-hydrogen) atoms. The number of amides is 2. The summed E-state index contributed by atoms with van der Waals surface area (Å²) < 4.78 is 13.2. The number of carbonyl (C=O) groups excluding carboxylic acids is 2. The maximum absolute atomic E-state index is 14.5. The molecule has 10 nitrogen and oxygen atoms in total. The van der Waals surface area contributed by atoms with Crippen molar-refractivity contribution in [3.8, 4) is 23.3 Å². The van der Waals surface area contributed by atoms with Gasteiger partial charge in [-0.3, -0.25) is 14.5 Å². The molecule has 2 amide bonds. The molecule has 1 spiro atoms. The number of hydrogen-bond donors (Lipinski definition) is 1. The third-order valence-electron chi connectivity index (χ3n) is 7.38. The van der Waals surface area contributed by atoms with E-state index >= 15 is 0 Å². The Morgan fingerprint density at radius 2 is 1.71 bits per heavy atom. The molecule has 2 aromatic heterocycles. The maximum atomic E-state index is 14.5. The summed E-state index contributed by atoms with van der Waals surface area (Å²) in [6.07, 6.45) is 1.41. The van der Waals surface area contributed by atoms with Gasteiger partial charge in [-0.2, -0.15) is 4.98 Å². The lowest BCUT2D eigenvalue weighted by Crippen LogP contribution is -2.51. The second-order valence-electron chi connectivity index (χ2n) is 10.8. The molecule has 0 radical (unpaired) electrons. The molecule has 0 saturated carbocycles. The fraction of sp³-hybridized carbons (Fsp3) is 0.300. The summed E-state index contributed by atoms with van der Waals surface area (Å²) in [7, 11) is 1.49. The first kappa shape index (κ1) is 28.0. The first-order valence-corrected chi connectivity index (χ1v) is 14.2. The van der Waals surface area contributed by atoms with Gasteiger partial charge < -0.3 is 19.4 Å². The Hall–Kier alpha value is -4.15. The maximum Gasteiger partial charge on any atom is 0.319 e. The fourth-order valence-corrected chi connectivity index (χ4v) is 6.09. The average Bonchev–Trinajstić information content (AvgIpc) is 3.53. The number of halogens is 2. The molecule has 4 aromatic rings. The van der Waals surface area contributed by atoms with Gasteiger partial charge in [-0.15, -0.1) is 0 Å². The summed E-state index contributed by atoms with van der Waals surface area (Å²) in [6, 6.07) is 10.3. The molecule has 0 bridgehead atoms. The smallest absolute Gasteiger partial charge is 0.319 e. The molecule has 1 atom stereocenters. The minimum Gasteiger partial charge on any atom is -0.480 e. The lowest BCUT2D eigenvalue weighted by atomic mass is 9.86. The van der Waals surface area contributed by atoms with Gasteiger partial charge in [-0.1, -0.05) is 35.3 Å². The standard InChI is InChI=1S/C30H28Cl2N6O4/c1-14(2)37-24-23(35-25(37)19-13-33-29(42-15(3)4)36-26(19)41-6)27(39)38(22-12-18(32)8-7-16(22)5)30(24)20-10-9-17(31)11-21(20)34-28(30)40/h7-15H,1-6H3,(H,34,40)/t30-/m1/s1. The lowest BCUT2D eigenvalue weighted by molar-refractivity contribution is -0.119. The third-order valence-corrected chi connectivity index (χ3v) is 7.85. The topological polar surface area (TPSA) is 111 Å². The quantitative estimate of drug-likeness (QED) is 0.278. The Labute approximate surface area is 252 Å². The molecule has 0 aliphatic carbocycles. The average molecular weight is 607 g/mol. The van der Waals surface area contributed by atoms with Gasteiger partial charge in [0.2, 0.25) is 5.88 Å². The van der Waals surface area contributed by atoms with E-state index in [2.05, 4.69) is 15.3 Å². The van der Waals surface area contributed by atoms with Gasteiger partial charge in [0, 0.05) is 33.5 Å². The molecular weight excluding hydrogens is 579 g/mol. The number of hydrogen-bond acceptors (Lipinski definition) is 7. The summed E-state index contributed by atoms with van der Waals surface area (Å²) in [4.78, 5) is 44.0. The summed E-state index contributed by atoms with van der Waals surface area (Å²) in [5.41, 5.74) is 1.72. The molecule has 2 aliphatic heterocycles. The van der Waals surface area contributed by atoms with Crippen molar-refractivity contribution in [2.45, 2.75) is 52.3 Å². The van der Waals surface area contributed by atoms with Crippen LogP contribution in [0.15, 0.2) is 42.6 Å². The van der Waals surface area contributed by atoms with Crippen molar-refractivity contribution in [2.24, 2.45) is 0 Å². The van der Waals surface area contributed by atoms with Crippen LogP contribution in [0.2, 0.25) is 10.0 Å². The molecule has 2 aliphatic rings. The van der Waals surface area contributed by atoms with Crippen molar-refractivity contribution < 1.29 is 19.1 Å². The molecule has 0 saturated heterocycles. The zero-order valence-electron chi connectivity index (χ0n) is 23.8. The minimum atomic E-state index is -1.61. The molecule has 216 valence electrons. The lowest BCUT2D eigenvalue weighted by Gasteiger charge is -2.36. The number of ether oxygens (including phenoxy) is 2. The van der Waals surface area contributed by atoms with Crippen LogP contribution in [-0.4, -0.2) is 44.5 Å². The Bertz CT molecular complexity index is 1790. The Balaban J connectivity index is 1.68. The molecule has 0 unspecified atom stereocenters. The summed E-state index contributed by atoms with van der Waals surface area (Å²) in [6.45, 7) is 9.52. The van der Waals surface area contributed by atoms with E-state index in [9.17, 15) is 9.59 Å². The van der Waals surface area contributed by atoms with Crippen LogP contribution in [0.1, 0.15) is 61.0 Å². The van der Waals surface area contributed by atoms with Crippen LogP contribution in [0.3, 0.4) is 0 Å². The van der Waals surface area contributed by atoms with Gasteiger partial charge in [0.15, 0.2) is 11.2 Å². The number of rotatable bonds is 6. The van der Waals surface area contributed by atoms with Crippen molar-refractivity contribution >= 4 is 46.4 Å². The molecule has 1 N–H and O–H groups in total. The zero-order valence-corrected chi connectivity index (χ0v) is 25.3. The van der Waals surface area contributed by atoms with E-state index in [0.717, 1.165) is 5.56 Å². The highest BCUT2D eigenvalue weighted by Gasteiger charge is 2.64. The van der Waals surface area contributed by atoms with E-state index in [4.69, 9.17) is 37.7 Å². The highest BCUT2D eigenvalue weighted by atomic mass is 35.5. The van der Waals surface area contributed by atoms with Gasteiger partial charge >= 0.3 is 6.01 Å². The van der Waals surface area contributed by atoms with Crippen LogP contribution in [0.5, 0.6) is 11.9 Å². The SMILES string of the molecule is COc1nc(OC(C)C)ncc1-c1nc2c(n1C(C)C)[C@]1(C(=O)Nc3cc(Cl)ccc31)N(c1cc(Cl)ccc1C)C2=O. The van der Waals surface area contributed by atoms with Gasteiger partial charge in [-0.05, 0) is 64.4 Å². The van der Waals surface area contributed by atoms with Crippen molar-refractivity contribution in [1.29, 1.82) is 0 Å². The highest BCUT2D eigenvalue weighted by molar-refractivity contribution is 6.32.